The highest BCUT2D eigenvalue weighted by atomic mass is 16.6. The molecule has 0 bridgehead atoms. The lowest BCUT2D eigenvalue weighted by atomic mass is 10.6. The fraction of sp³-hybridized carbons (Fsp3) is 0.333. The Morgan fingerprint density at radius 2 is 2.64 bits per heavy atom. The third kappa shape index (κ3) is 2.93. The molecule has 1 N–H and O–H groups in total. The summed E-state index contributed by atoms with van der Waals surface area (Å²) in [6, 6.07) is 0. The molecule has 5 nitrogen and oxygen atoms in total. The van der Waals surface area contributed by atoms with Crippen LogP contribution >= 0.6 is 0 Å². The van der Waals surface area contributed by atoms with E-state index in [4.69, 9.17) is 4.74 Å². The van der Waals surface area contributed by atoms with Crippen molar-refractivity contribution in [3.63, 3.8) is 0 Å². The van der Waals surface area contributed by atoms with Crippen molar-refractivity contribution in [1.29, 1.82) is 0 Å². The minimum Gasteiger partial charge on any atom is -0.407 e. The molecule has 1 aromatic heterocycles. The Balaban J connectivity index is 2.43. The summed E-state index contributed by atoms with van der Waals surface area (Å²) in [6.45, 7) is 6.56. The molecule has 14 heavy (non-hydrogen) atoms. The van der Waals surface area contributed by atoms with Crippen LogP contribution in [0, 0.1) is 0 Å². The van der Waals surface area contributed by atoms with Crippen LogP contribution in [0.25, 0.3) is 0 Å². The molecule has 0 aliphatic rings. The zero-order chi connectivity index (χ0) is 10.4. The topological polar surface area (TPSA) is 56.1 Å². The Morgan fingerprint density at radius 1 is 1.86 bits per heavy atom. The summed E-state index contributed by atoms with van der Waals surface area (Å²) in [5.41, 5.74) is 0. The van der Waals surface area contributed by atoms with Crippen LogP contribution in [0.1, 0.15) is 6.92 Å². The SMILES string of the molecule is C=CCNC(=O)Oc1cnn(CC)c1. The molecule has 0 atom stereocenters. The maximum Gasteiger partial charge on any atom is 0.412 e. The highest BCUT2D eigenvalue weighted by Gasteiger charge is 2.04. The summed E-state index contributed by atoms with van der Waals surface area (Å²) >= 11 is 0. The lowest BCUT2D eigenvalue weighted by molar-refractivity contribution is 0.201. The fourth-order valence-electron chi connectivity index (χ4n) is 0.869. The molecule has 0 radical (unpaired) electrons. The second kappa shape index (κ2) is 5.06. The first-order valence-electron chi connectivity index (χ1n) is 4.35. The first-order chi connectivity index (χ1) is 6.76. The number of rotatable bonds is 4. The first-order valence-corrected chi connectivity index (χ1v) is 4.35. The Morgan fingerprint density at radius 3 is 3.21 bits per heavy atom. The average molecular weight is 195 g/mol. The van der Waals surface area contributed by atoms with E-state index < -0.39 is 6.09 Å². The van der Waals surface area contributed by atoms with E-state index in [2.05, 4.69) is 17.0 Å². The van der Waals surface area contributed by atoms with Gasteiger partial charge in [-0.2, -0.15) is 5.10 Å². The normalized spacial score (nSPS) is 9.50. The van der Waals surface area contributed by atoms with Crippen molar-refractivity contribution in [2.45, 2.75) is 13.5 Å². The number of carbonyl (C=O) groups excluding carboxylic acids is 1. The van der Waals surface area contributed by atoms with Crippen molar-refractivity contribution in [1.82, 2.24) is 15.1 Å². The largest absolute Gasteiger partial charge is 0.412 e. The van der Waals surface area contributed by atoms with E-state index in [0.717, 1.165) is 6.54 Å². The highest BCUT2D eigenvalue weighted by molar-refractivity contribution is 5.70. The number of hydrogen-bond acceptors (Lipinski definition) is 3. The van der Waals surface area contributed by atoms with Crippen LogP contribution in [0.15, 0.2) is 25.0 Å². The van der Waals surface area contributed by atoms with Crippen molar-refractivity contribution in [3.8, 4) is 5.75 Å². The van der Waals surface area contributed by atoms with Crippen LogP contribution in [0.2, 0.25) is 0 Å². The molecule has 1 heterocycles. The van der Waals surface area contributed by atoms with Crippen molar-refractivity contribution >= 4 is 6.09 Å². The van der Waals surface area contributed by atoms with E-state index in [1.807, 2.05) is 6.92 Å². The van der Waals surface area contributed by atoms with E-state index in [-0.39, 0.29) is 0 Å². The standard InChI is InChI=1S/C9H13N3O2/c1-3-5-10-9(13)14-8-6-11-12(4-2)7-8/h3,6-7H,1,4-5H2,2H3,(H,10,13). The predicted molar refractivity (Wildman–Crippen MR) is 52.1 cm³/mol. The Kier molecular flexibility index (Phi) is 3.72. The summed E-state index contributed by atoms with van der Waals surface area (Å²) < 4.78 is 6.59. The first kappa shape index (κ1) is 10.3. The van der Waals surface area contributed by atoms with Crippen molar-refractivity contribution in [2.24, 2.45) is 0 Å². The Hall–Kier alpha value is -1.78. The van der Waals surface area contributed by atoms with Gasteiger partial charge >= 0.3 is 6.09 Å². The number of hydrogen-bond donors (Lipinski definition) is 1. The molecule has 0 aliphatic carbocycles. The van der Waals surface area contributed by atoms with E-state index in [1.54, 1.807) is 17.0 Å². The molecule has 0 aromatic carbocycles. The van der Waals surface area contributed by atoms with Gasteiger partial charge in [0.05, 0.1) is 12.4 Å². The Bertz CT molecular complexity index is 320. The van der Waals surface area contributed by atoms with Crippen LogP contribution in [0.5, 0.6) is 5.75 Å². The van der Waals surface area contributed by atoms with Gasteiger partial charge in [-0.1, -0.05) is 6.08 Å². The van der Waals surface area contributed by atoms with E-state index >= 15 is 0 Å². The van der Waals surface area contributed by atoms with Gasteiger partial charge in [-0.15, -0.1) is 6.58 Å². The summed E-state index contributed by atoms with van der Waals surface area (Å²) in [4.78, 5) is 11.1. The second-order valence-electron chi connectivity index (χ2n) is 2.59. The summed E-state index contributed by atoms with van der Waals surface area (Å²) in [5, 5.41) is 6.45. The minimum absolute atomic E-state index is 0.390. The molecule has 0 saturated heterocycles. The molecule has 0 saturated carbocycles. The number of amides is 1. The third-order valence-electron chi connectivity index (χ3n) is 1.53. The van der Waals surface area contributed by atoms with Gasteiger partial charge < -0.3 is 10.1 Å². The zero-order valence-corrected chi connectivity index (χ0v) is 8.06. The van der Waals surface area contributed by atoms with Gasteiger partial charge in [0.1, 0.15) is 0 Å². The average Bonchev–Trinajstić information content (AvgIpc) is 2.62. The highest BCUT2D eigenvalue weighted by Crippen LogP contribution is 2.07. The number of nitrogens with one attached hydrogen (secondary N) is 1. The third-order valence-corrected chi connectivity index (χ3v) is 1.53. The lowest BCUT2D eigenvalue weighted by Gasteiger charge is -2.00. The van der Waals surface area contributed by atoms with Gasteiger partial charge in [0.25, 0.3) is 0 Å². The zero-order valence-electron chi connectivity index (χ0n) is 8.06. The minimum atomic E-state index is -0.499. The van der Waals surface area contributed by atoms with E-state index in [0.29, 0.717) is 12.3 Å². The molecule has 1 amide bonds. The molecule has 0 unspecified atom stereocenters. The molecule has 1 aromatic rings. The number of ether oxygens (including phenoxy) is 1. The molecule has 0 fully saturated rings. The molecule has 0 spiro atoms. The molecule has 76 valence electrons. The molecular formula is C9H13N3O2. The van der Waals surface area contributed by atoms with Crippen LogP contribution in [-0.4, -0.2) is 22.4 Å². The van der Waals surface area contributed by atoms with Crippen LogP contribution in [0.3, 0.4) is 0 Å². The molecular weight excluding hydrogens is 182 g/mol. The smallest absolute Gasteiger partial charge is 0.407 e. The Labute approximate surface area is 82.4 Å². The maximum atomic E-state index is 11.1. The quantitative estimate of drug-likeness (QED) is 0.734. The van der Waals surface area contributed by atoms with Gasteiger partial charge in [0.15, 0.2) is 5.75 Å². The number of nitrogens with zero attached hydrogens (tertiary/aromatic N) is 2. The maximum absolute atomic E-state index is 11.1. The lowest BCUT2D eigenvalue weighted by Crippen LogP contribution is -2.26. The van der Waals surface area contributed by atoms with Crippen molar-refractivity contribution < 1.29 is 9.53 Å². The van der Waals surface area contributed by atoms with E-state index in [1.165, 1.54) is 6.20 Å². The summed E-state index contributed by atoms with van der Waals surface area (Å²) in [7, 11) is 0. The van der Waals surface area contributed by atoms with Gasteiger partial charge in [-0.25, -0.2) is 4.79 Å². The van der Waals surface area contributed by atoms with Crippen LogP contribution in [-0.2, 0) is 6.54 Å². The molecule has 0 aliphatic heterocycles. The second-order valence-corrected chi connectivity index (χ2v) is 2.59. The molecule has 1 rings (SSSR count). The predicted octanol–water partition coefficient (Wildman–Crippen LogP) is 1.18. The van der Waals surface area contributed by atoms with E-state index in [9.17, 15) is 4.79 Å². The number of carbonyl (C=O) groups is 1. The van der Waals surface area contributed by atoms with Crippen LogP contribution in [0.4, 0.5) is 4.79 Å². The summed E-state index contributed by atoms with van der Waals surface area (Å²) in [6.07, 6.45) is 4.24. The number of aromatic nitrogens is 2. The fourth-order valence-corrected chi connectivity index (χ4v) is 0.869. The van der Waals surface area contributed by atoms with Gasteiger partial charge in [-0.3, -0.25) is 4.68 Å². The summed E-state index contributed by atoms with van der Waals surface area (Å²) in [5.74, 6) is 0.438. The number of aryl methyl sites for hydroxylation is 1. The van der Waals surface area contributed by atoms with Gasteiger partial charge in [0, 0.05) is 13.1 Å². The van der Waals surface area contributed by atoms with Gasteiger partial charge in [-0.05, 0) is 6.92 Å². The monoisotopic (exact) mass is 195 g/mol. The van der Waals surface area contributed by atoms with Crippen LogP contribution < -0.4 is 10.1 Å². The molecule has 5 heteroatoms. The van der Waals surface area contributed by atoms with Crippen molar-refractivity contribution in [2.75, 3.05) is 6.54 Å². The van der Waals surface area contributed by atoms with Gasteiger partial charge in [0.2, 0.25) is 0 Å². The van der Waals surface area contributed by atoms with Crippen molar-refractivity contribution in [3.05, 3.63) is 25.0 Å².